The standard InChI is InChI=1S/C22H22O5/c1-14(2)19-13-22(24)27-20-12-17(9-10-18(19)20)26-21(23)11-6-15-4-7-16(25-3)8-5-15/h4-5,7-10,12-14H,6,11H2,1-3H3. The van der Waals surface area contributed by atoms with Crippen LogP contribution < -0.4 is 15.1 Å². The van der Waals surface area contributed by atoms with E-state index in [1.54, 1.807) is 19.2 Å². The van der Waals surface area contributed by atoms with Gasteiger partial charge in [0.15, 0.2) is 0 Å². The molecule has 0 amide bonds. The molecule has 0 spiro atoms. The molecule has 140 valence electrons. The van der Waals surface area contributed by atoms with Crippen LogP contribution in [0.5, 0.6) is 11.5 Å². The Balaban J connectivity index is 1.70. The predicted octanol–water partition coefficient (Wildman–Crippen LogP) is 4.46. The highest BCUT2D eigenvalue weighted by Crippen LogP contribution is 2.27. The van der Waals surface area contributed by atoms with Gasteiger partial charge in [0.2, 0.25) is 0 Å². The van der Waals surface area contributed by atoms with Crippen LogP contribution in [0.3, 0.4) is 0 Å². The van der Waals surface area contributed by atoms with Crippen LogP contribution in [0, 0.1) is 0 Å². The number of carbonyl (C=O) groups is 1. The van der Waals surface area contributed by atoms with Crippen LogP contribution in [0.4, 0.5) is 0 Å². The number of ether oxygens (including phenoxy) is 2. The van der Waals surface area contributed by atoms with Crippen molar-refractivity contribution in [2.45, 2.75) is 32.6 Å². The zero-order chi connectivity index (χ0) is 19.4. The molecule has 0 radical (unpaired) electrons. The van der Waals surface area contributed by atoms with Gasteiger partial charge in [-0.2, -0.15) is 0 Å². The van der Waals surface area contributed by atoms with E-state index in [1.165, 1.54) is 6.07 Å². The molecule has 0 aliphatic rings. The van der Waals surface area contributed by atoms with Crippen molar-refractivity contribution in [3.63, 3.8) is 0 Å². The number of methoxy groups -OCH3 is 1. The van der Waals surface area contributed by atoms with Crippen molar-refractivity contribution in [3.8, 4) is 11.5 Å². The van der Waals surface area contributed by atoms with Gasteiger partial charge in [-0.1, -0.05) is 26.0 Å². The first-order valence-electron chi connectivity index (χ1n) is 8.87. The molecule has 0 aliphatic heterocycles. The zero-order valence-electron chi connectivity index (χ0n) is 15.7. The lowest BCUT2D eigenvalue weighted by molar-refractivity contribution is -0.134. The average molecular weight is 366 g/mol. The number of fused-ring (bicyclic) bond motifs is 1. The molecule has 0 N–H and O–H groups in total. The van der Waals surface area contributed by atoms with Crippen LogP contribution in [0.15, 0.2) is 57.7 Å². The molecule has 0 atom stereocenters. The van der Waals surface area contributed by atoms with E-state index in [9.17, 15) is 9.59 Å². The van der Waals surface area contributed by atoms with E-state index in [2.05, 4.69) is 0 Å². The summed E-state index contributed by atoms with van der Waals surface area (Å²) < 4.78 is 15.8. The number of hydrogen-bond acceptors (Lipinski definition) is 5. The smallest absolute Gasteiger partial charge is 0.336 e. The van der Waals surface area contributed by atoms with Gasteiger partial charge in [0, 0.05) is 23.9 Å². The molecular formula is C22H22O5. The molecule has 1 aromatic heterocycles. The maximum absolute atomic E-state index is 12.1. The van der Waals surface area contributed by atoms with Gasteiger partial charge in [0.05, 0.1) is 7.11 Å². The van der Waals surface area contributed by atoms with Crippen molar-refractivity contribution in [2.24, 2.45) is 0 Å². The first kappa shape index (κ1) is 18.7. The summed E-state index contributed by atoms with van der Waals surface area (Å²) in [6.07, 6.45) is 0.823. The molecule has 0 aliphatic carbocycles. The lowest BCUT2D eigenvalue weighted by Crippen LogP contribution is -2.09. The van der Waals surface area contributed by atoms with Crippen molar-refractivity contribution >= 4 is 16.9 Å². The Morgan fingerprint density at radius 3 is 2.41 bits per heavy atom. The lowest BCUT2D eigenvalue weighted by Gasteiger charge is -2.10. The Hall–Kier alpha value is -3.08. The molecule has 0 unspecified atom stereocenters. The van der Waals surface area contributed by atoms with Crippen LogP contribution in [-0.2, 0) is 11.2 Å². The van der Waals surface area contributed by atoms with Gasteiger partial charge in [-0.3, -0.25) is 4.79 Å². The minimum atomic E-state index is -0.408. The molecule has 3 rings (SSSR count). The van der Waals surface area contributed by atoms with E-state index in [4.69, 9.17) is 13.9 Å². The second-order valence-electron chi connectivity index (χ2n) is 6.66. The largest absolute Gasteiger partial charge is 0.497 e. The third-order valence-electron chi connectivity index (χ3n) is 4.38. The Bertz CT molecular complexity index is 999. The van der Waals surface area contributed by atoms with Crippen LogP contribution >= 0.6 is 0 Å². The van der Waals surface area contributed by atoms with Crippen molar-refractivity contribution in [1.29, 1.82) is 0 Å². The zero-order valence-corrected chi connectivity index (χ0v) is 15.7. The quantitative estimate of drug-likeness (QED) is 0.366. The molecule has 2 aromatic carbocycles. The fraction of sp³-hybridized carbons (Fsp3) is 0.273. The van der Waals surface area contributed by atoms with E-state index in [0.717, 1.165) is 22.3 Å². The van der Waals surface area contributed by atoms with Gasteiger partial charge in [0.1, 0.15) is 17.1 Å². The number of carbonyl (C=O) groups excluding carboxylic acids is 1. The maximum atomic E-state index is 12.1. The highest BCUT2D eigenvalue weighted by atomic mass is 16.5. The van der Waals surface area contributed by atoms with Gasteiger partial charge in [0.25, 0.3) is 0 Å². The monoisotopic (exact) mass is 366 g/mol. The first-order chi connectivity index (χ1) is 13.0. The van der Waals surface area contributed by atoms with Crippen molar-refractivity contribution in [1.82, 2.24) is 0 Å². The summed E-state index contributed by atoms with van der Waals surface area (Å²) in [5.41, 5.74) is 1.96. The van der Waals surface area contributed by atoms with Crippen LogP contribution in [0.1, 0.15) is 37.3 Å². The highest BCUT2D eigenvalue weighted by Gasteiger charge is 2.12. The molecular weight excluding hydrogens is 344 g/mol. The summed E-state index contributed by atoms with van der Waals surface area (Å²) in [6.45, 7) is 4.03. The molecule has 5 heteroatoms. The van der Waals surface area contributed by atoms with E-state index in [0.29, 0.717) is 17.8 Å². The first-order valence-corrected chi connectivity index (χ1v) is 8.87. The third-order valence-corrected chi connectivity index (χ3v) is 4.38. The van der Waals surface area contributed by atoms with Gasteiger partial charge in [-0.25, -0.2) is 4.79 Å². The molecule has 27 heavy (non-hydrogen) atoms. The van der Waals surface area contributed by atoms with Crippen molar-refractivity contribution in [3.05, 3.63) is 70.1 Å². The summed E-state index contributed by atoms with van der Waals surface area (Å²) in [4.78, 5) is 23.9. The normalized spacial score (nSPS) is 11.0. The number of esters is 1. The Morgan fingerprint density at radius 1 is 1.04 bits per heavy atom. The number of rotatable bonds is 6. The minimum absolute atomic E-state index is 0.189. The summed E-state index contributed by atoms with van der Waals surface area (Å²) in [7, 11) is 1.61. The second-order valence-corrected chi connectivity index (χ2v) is 6.66. The fourth-order valence-electron chi connectivity index (χ4n) is 2.93. The summed E-state index contributed by atoms with van der Waals surface area (Å²) in [6, 6.07) is 14.2. The molecule has 0 saturated heterocycles. The third kappa shape index (κ3) is 4.56. The van der Waals surface area contributed by atoms with E-state index in [1.807, 2.05) is 44.2 Å². The number of aryl methyl sites for hydroxylation is 1. The fourth-order valence-corrected chi connectivity index (χ4v) is 2.93. The van der Waals surface area contributed by atoms with Gasteiger partial charge >= 0.3 is 11.6 Å². The van der Waals surface area contributed by atoms with E-state index in [-0.39, 0.29) is 18.3 Å². The summed E-state index contributed by atoms with van der Waals surface area (Å²) in [5, 5.41) is 0.850. The minimum Gasteiger partial charge on any atom is -0.497 e. The van der Waals surface area contributed by atoms with Crippen LogP contribution in [-0.4, -0.2) is 13.1 Å². The highest BCUT2D eigenvalue weighted by molar-refractivity contribution is 5.83. The molecule has 3 aromatic rings. The van der Waals surface area contributed by atoms with Gasteiger partial charge < -0.3 is 13.9 Å². The average Bonchev–Trinajstić information content (AvgIpc) is 2.65. The van der Waals surface area contributed by atoms with E-state index < -0.39 is 5.63 Å². The summed E-state index contributed by atoms with van der Waals surface area (Å²) in [5.74, 6) is 0.994. The Labute approximate surface area is 157 Å². The van der Waals surface area contributed by atoms with Crippen molar-refractivity contribution < 1.29 is 18.7 Å². The number of hydrogen-bond donors (Lipinski definition) is 0. The van der Waals surface area contributed by atoms with Crippen molar-refractivity contribution in [2.75, 3.05) is 7.11 Å². The molecule has 0 fully saturated rings. The van der Waals surface area contributed by atoms with Gasteiger partial charge in [-0.15, -0.1) is 0 Å². The number of benzene rings is 2. The van der Waals surface area contributed by atoms with E-state index >= 15 is 0 Å². The van der Waals surface area contributed by atoms with Crippen LogP contribution in [0.2, 0.25) is 0 Å². The second kappa shape index (κ2) is 8.08. The SMILES string of the molecule is COc1ccc(CCC(=O)Oc2ccc3c(C(C)C)cc(=O)oc3c2)cc1. The van der Waals surface area contributed by atoms with Crippen LogP contribution in [0.25, 0.3) is 11.0 Å². The topological polar surface area (TPSA) is 65.7 Å². The molecule has 5 nitrogen and oxygen atoms in total. The Morgan fingerprint density at radius 2 is 1.74 bits per heavy atom. The van der Waals surface area contributed by atoms with Gasteiger partial charge in [-0.05, 0) is 47.7 Å². The molecule has 1 heterocycles. The molecule has 0 bridgehead atoms. The molecule has 0 saturated carbocycles. The lowest BCUT2D eigenvalue weighted by atomic mass is 10.00. The Kier molecular flexibility index (Phi) is 5.60. The maximum Gasteiger partial charge on any atom is 0.336 e. The summed E-state index contributed by atoms with van der Waals surface area (Å²) >= 11 is 0. The predicted molar refractivity (Wildman–Crippen MR) is 104 cm³/mol.